The molecule has 0 aliphatic heterocycles. The maximum atomic E-state index is 12.2. The van der Waals surface area contributed by atoms with Gasteiger partial charge >= 0.3 is 0 Å². The monoisotopic (exact) mass is 295 g/mol. The molecule has 0 spiro atoms. The highest BCUT2D eigenvalue weighted by molar-refractivity contribution is 6.29. The minimum atomic E-state index is 0.0483. The lowest BCUT2D eigenvalue weighted by atomic mass is 9.70. The largest absolute Gasteiger partial charge is 0.310 e. The van der Waals surface area contributed by atoms with Gasteiger partial charge in [-0.1, -0.05) is 32.4 Å². The lowest BCUT2D eigenvalue weighted by molar-refractivity contribution is -0.121. The van der Waals surface area contributed by atoms with Gasteiger partial charge in [-0.15, -0.1) is 0 Å². The van der Waals surface area contributed by atoms with Crippen LogP contribution in [0.1, 0.15) is 46.5 Å². The normalized spacial score (nSPS) is 23.4. The summed E-state index contributed by atoms with van der Waals surface area (Å²) in [6, 6.07) is 1.57. The minimum Gasteiger partial charge on any atom is -0.310 e. The molecule has 1 fully saturated rings. The van der Waals surface area contributed by atoms with E-state index in [9.17, 15) is 4.79 Å². The second-order valence-electron chi connectivity index (χ2n) is 6.63. The van der Waals surface area contributed by atoms with Crippen molar-refractivity contribution in [2.24, 2.45) is 17.3 Å². The summed E-state index contributed by atoms with van der Waals surface area (Å²) >= 11 is 5.78. The average Bonchev–Trinajstić information content (AvgIpc) is 2.38. The minimum absolute atomic E-state index is 0.0483. The zero-order valence-electron chi connectivity index (χ0n) is 12.3. The van der Waals surface area contributed by atoms with E-state index in [2.05, 4.69) is 36.1 Å². The highest BCUT2D eigenvalue weighted by atomic mass is 35.5. The van der Waals surface area contributed by atoms with Crippen molar-refractivity contribution in [2.75, 3.05) is 5.32 Å². The predicted octanol–water partition coefficient (Wildman–Crippen LogP) is 3.92. The Labute approximate surface area is 125 Å². The fourth-order valence-corrected chi connectivity index (χ4v) is 3.00. The number of halogens is 1. The molecule has 2 rings (SSSR count). The number of hydrogen-bond acceptors (Lipinski definition) is 3. The van der Waals surface area contributed by atoms with Crippen LogP contribution in [0.5, 0.6) is 0 Å². The fourth-order valence-electron chi connectivity index (χ4n) is 2.85. The molecule has 0 aromatic carbocycles. The van der Waals surface area contributed by atoms with Crippen molar-refractivity contribution in [1.29, 1.82) is 0 Å². The van der Waals surface area contributed by atoms with Crippen LogP contribution in [0.2, 0.25) is 5.15 Å². The molecule has 1 heterocycles. The smallest absolute Gasteiger partial charge is 0.228 e. The van der Waals surface area contributed by atoms with Gasteiger partial charge in [0.2, 0.25) is 5.91 Å². The van der Waals surface area contributed by atoms with Gasteiger partial charge in [-0.3, -0.25) is 4.79 Å². The van der Waals surface area contributed by atoms with E-state index >= 15 is 0 Å². The molecule has 1 N–H and O–H groups in total. The molecule has 1 saturated carbocycles. The first-order valence-corrected chi connectivity index (χ1v) is 7.52. The van der Waals surface area contributed by atoms with Crippen molar-refractivity contribution in [3.8, 4) is 0 Å². The van der Waals surface area contributed by atoms with Crippen LogP contribution in [-0.4, -0.2) is 15.9 Å². The molecule has 1 aliphatic rings. The van der Waals surface area contributed by atoms with Gasteiger partial charge in [0.05, 0.1) is 0 Å². The first kappa shape index (κ1) is 15.2. The van der Waals surface area contributed by atoms with Gasteiger partial charge in [0.1, 0.15) is 17.3 Å². The number of amides is 1. The molecule has 4 nitrogen and oxygen atoms in total. The zero-order valence-corrected chi connectivity index (χ0v) is 13.1. The van der Waals surface area contributed by atoms with Crippen LogP contribution < -0.4 is 5.32 Å². The topological polar surface area (TPSA) is 54.9 Å². The number of anilines is 1. The third kappa shape index (κ3) is 3.92. The Bertz CT molecular complexity index is 476. The summed E-state index contributed by atoms with van der Waals surface area (Å²) < 4.78 is 0. The van der Waals surface area contributed by atoms with Crippen LogP contribution in [0.25, 0.3) is 0 Å². The van der Waals surface area contributed by atoms with Crippen molar-refractivity contribution in [3.63, 3.8) is 0 Å². The summed E-state index contributed by atoms with van der Waals surface area (Å²) in [5.41, 5.74) is 0.335. The summed E-state index contributed by atoms with van der Waals surface area (Å²) in [7, 11) is 0. The van der Waals surface area contributed by atoms with Crippen LogP contribution in [0, 0.1) is 17.3 Å². The van der Waals surface area contributed by atoms with Crippen LogP contribution >= 0.6 is 11.6 Å². The van der Waals surface area contributed by atoms with Gasteiger partial charge < -0.3 is 5.32 Å². The molecular formula is C15H22ClN3O. The van der Waals surface area contributed by atoms with Gasteiger partial charge in [0.15, 0.2) is 0 Å². The first-order valence-electron chi connectivity index (χ1n) is 7.14. The zero-order chi connectivity index (χ0) is 14.8. The van der Waals surface area contributed by atoms with Gasteiger partial charge in [-0.25, -0.2) is 9.97 Å². The van der Waals surface area contributed by atoms with Crippen molar-refractivity contribution in [3.05, 3.63) is 17.5 Å². The number of nitrogens with one attached hydrogen (secondary N) is 1. The molecule has 0 unspecified atom stereocenters. The van der Waals surface area contributed by atoms with Crippen molar-refractivity contribution in [2.45, 2.75) is 46.5 Å². The highest BCUT2D eigenvalue weighted by Gasteiger charge is 2.32. The summed E-state index contributed by atoms with van der Waals surface area (Å²) in [6.07, 6.45) is 5.49. The van der Waals surface area contributed by atoms with E-state index in [1.807, 2.05) is 0 Å². The summed E-state index contributed by atoms with van der Waals surface area (Å²) in [5, 5.41) is 3.17. The molecular weight excluding hydrogens is 274 g/mol. The second kappa shape index (κ2) is 6.08. The highest BCUT2D eigenvalue weighted by Crippen LogP contribution is 2.39. The Morgan fingerprint density at radius 3 is 2.45 bits per heavy atom. The van der Waals surface area contributed by atoms with Crippen LogP contribution in [0.3, 0.4) is 0 Å². The van der Waals surface area contributed by atoms with E-state index in [0.717, 1.165) is 25.7 Å². The number of carbonyl (C=O) groups is 1. The summed E-state index contributed by atoms with van der Waals surface area (Å²) in [6.45, 7) is 6.84. The fraction of sp³-hybridized carbons (Fsp3) is 0.667. The number of aromatic nitrogens is 2. The van der Waals surface area contributed by atoms with E-state index in [-0.39, 0.29) is 11.8 Å². The van der Waals surface area contributed by atoms with E-state index in [1.165, 1.54) is 6.33 Å². The van der Waals surface area contributed by atoms with Crippen LogP contribution in [0.4, 0.5) is 5.82 Å². The number of rotatable bonds is 2. The number of carbonyl (C=O) groups excluding carboxylic acids is 1. The van der Waals surface area contributed by atoms with Gasteiger partial charge in [-0.05, 0) is 37.0 Å². The lowest BCUT2D eigenvalue weighted by Crippen LogP contribution is -2.31. The van der Waals surface area contributed by atoms with E-state index in [4.69, 9.17) is 11.6 Å². The molecule has 20 heavy (non-hydrogen) atoms. The molecule has 1 aromatic rings. The van der Waals surface area contributed by atoms with E-state index in [0.29, 0.717) is 22.3 Å². The molecule has 1 aliphatic carbocycles. The summed E-state index contributed by atoms with van der Waals surface area (Å²) in [4.78, 5) is 20.0. The molecule has 0 saturated heterocycles. The molecule has 1 aromatic heterocycles. The third-order valence-corrected chi connectivity index (χ3v) is 4.41. The van der Waals surface area contributed by atoms with Gasteiger partial charge in [-0.2, -0.15) is 0 Å². The molecule has 0 radical (unpaired) electrons. The van der Waals surface area contributed by atoms with Crippen molar-refractivity contribution in [1.82, 2.24) is 9.97 Å². The van der Waals surface area contributed by atoms with E-state index in [1.54, 1.807) is 6.07 Å². The van der Waals surface area contributed by atoms with Gasteiger partial charge in [0.25, 0.3) is 0 Å². The standard InChI is InChI=1S/C15H22ClN3O/c1-15(2,3)11-6-4-10(5-7-11)14(20)19-13-8-12(16)17-9-18-13/h8-11H,4-7H2,1-3H3,(H,17,18,19,20). The van der Waals surface area contributed by atoms with E-state index < -0.39 is 0 Å². The Hall–Kier alpha value is -1.16. The molecule has 0 atom stereocenters. The predicted molar refractivity (Wildman–Crippen MR) is 80.6 cm³/mol. The molecule has 1 amide bonds. The number of hydrogen-bond donors (Lipinski definition) is 1. The Morgan fingerprint density at radius 2 is 1.90 bits per heavy atom. The third-order valence-electron chi connectivity index (χ3n) is 4.21. The van der Waals surface area contributed by atoms with Crippen LogP contribution in [-0.2, 0) is 4.79 Å². The molecule has 0 bridgehead atoms. The van der Waals surface area contributed by atoms with Crippen molar-refractivity contribution >= 4 is 23.3 Å². The van der Waals surface area contributed by atoms with Crippen LogP contribution in [0.15, 0.2) is 12.4 Å². The lowest BCUT2D eigenvalue weighted by Gasteiger charge is -2.36. The maximum absolute atomic E-state index is 12.2. The molecule has 5 heteroatoms. The maximum Gasteiger partial charge on any atom is 0.228 e. The Morgan fingerprint density at radius 1 is 1.25 bits per heavy atom. The second-order valence-corrected chi connectivity index (χ2v) is 7.02. The van der Waals surface area contributed by atoms with Crippen molar-refractivity contribution < 1.29 is 4.79 Å². The first-order chi connectivity index (χ1) is 9.36. The quantitative estimate of drug-likeness (QED) is 0.841. The summed E-state index contributed by atoms with van der Waals surface area (Å²) in [5.74, 6) is 1.32. The Balaban J connectivity index is 1.89. The number of nitrogens with zero attached hydrogens (tertiary/aromatic N) is 2. The average molecular weight is 296 g/mol. The SMILES string of the molecule is CC(C)(C)C1CCC(C(=O)Nc2cc(Cl)ncn2)CC1. The Kier molecular flexibility index (Phi) is 4.63. The van der Waals surface area contributed by atoms with Gasteiger partial charge in [0, 0.05) is 12.0 Å². The molecule has 110 valence electrons.